The monoisotopic (exact) mass is 255 g/mol. The van der Waals surface area contributed by atoms with E-state index in [0.29, 0.717) is 5.82 Å². The van der Waals surface area contributed by atoms with Crippen LogP contribution < -0.4 is 5.32 Å². The second-order valence-corrected chi connectivity index (χ2v) is 4.89. The van der Waals surface area contributed by atoms with Crippen LogP contribution >= 0.6 is 11.8 Å². The van der Waals surface area contributed by atoms with Crippen molar-refractivity contribution in [2.75, 3.05) is 17.3 Å². The fourth-order valence-electron chi connectivity index (χ4n) is 1.40. The quantitative estimate of drug-likeness (QED) is 0.625. The highest BCUT2D eigenvalue weighted by Gasteiger charge is 2.16. The number of aryl methyl sites for hydroxylation is 1. The number of anilines is 1. The number of pyridine rings is 1. The van der Waals surface area contributed by atoms with Gasteiger partial charge >= 0.3 is 5.69 Å². The van der Waals surface area contributed by atoms with Gasteiger partial charge in [-0.15, -0.1) is 0 Å². The first-order chi connectivity index (χ1) is 8.04. The first-order valence-corrected chi connectivity index (χ1v) is 6.81. The fourth-order valence-corrected chi connectivity index (χ4v) is 1.99. The summed E-state index contributed by atoms with van der Waals surface area (Å²) < 4.78 is 0. The lowest BCUT2D eigenvalue weighted by Gasteiger charge is -2.14. The van der Waals surface area contributed by atoms with E-state index in [9.17, 15) is 10.1 Å². The Morgan fingerprint density at radius 3 is 2.88 bits per heavy atom. The molecule has 1 aromatic heterocycles. The Morgan fingerprint density at radius 1 is 1.59 bits per heavy atom. The summed E-state index contributed by atoms with van der Waals surface area (Å²) in [4.78, 5) is 14.6. The maximum Gasteiger partial charge on any atom is 0.311 e. The number of nitrogens with one attached hydrogen (secondary N) is 1. The zero-order chi connectivity index (χ0) is 12.8. The number of aromatic nitrogens is 1. The Hall–Kier alpha value is -1.30. The molecule has 0 radical (unpaired) electrons. The molecule has 0 amide bonds. The van der Waals surface area contributed by atoms with Crippen LogP contribution in [0.3, 0.4) is 0 Å². The Kier molecular flexibility index (Phi) is 5.21. The zero-order valence-electron chi connectivity index (χ0n) is 10.3. The van der Waals surface area contributed by atoms with Gasteiger partial charge in [0.05, 0.1) is 4.92 Å². The lowest BCUT2D eigenvalue weighted by atomic mass is 10.2. The van der Waals surface area contributed by atoms with Gasteiger partial charge in [0.1, 0.15) is 0 Å². The van der Waals surface area contributed by atoms with Gasteiger partial charge in [0.2, 0.25) is 5.82 Å². The minimum atomic E-state index is -0.407. The second-order valence-electron chi connectivity index (χ2n) is 3.90. The van der Waals surface area contributed by atoms with Gasteiger partial charge in [0.25, 0.3) is 0 Å². The topological polar surface area (TPSA) is 68.1 Å². The molecule has 17 heavy (non-hydrogen) atoms. The standard InChI is InChI=1S/C11H17N3O2S/c1-8-4-5-10(14(15)16)11(12-8)13-9(2)6-7-17-3/h4-5,9H,6-7H2,1-3H3,(H,12,13). The van der Waals surface area contributed by atoms with E-state index in [2.05, 4.69) is 10.3 Å². The van der Waals surface area contributed by atoms with Crippen LogP contribution in [0.2, 0.25) is 0 Å². The third-order valence-electron chi connectivity index (χ3n) is 2.35. The van der Waals surface area contributed by atoms with Gasteiger partial charge in [-0.25, -0.2) is 4.98 Å². The minimum absolute atomic E-state index is 0.0339. The van der Waals surface area contributed by atoms with Crippen LogP contribution in [0.4, 0.5) is 11.5 Å². The molecule has 6 heteroatoms. The van der Waals surface area contributed by atoms with Gasteiger partial charge in [-0.05, 0) is 38.3 Å². The summed E-state index contributed by atoms with van der Waals surface area (Å²) in [5, 5.41) is 14.0. The largest absolute Gasteiger partial charge is 0.362 e. The van der Waals surface area contributed by atoms with Crippen LogP contribution in [0.1, 0.15) is 19.0 Å². The molecule has 0 fully saturated rings. The van der Waals surface area contributed by atoms with Crippen molar-refractivity contribution < 1.29 is 4.92 Å². The molecule has 0 aliphatic carbocycles. The smallest absolute Gasteiger partial charge is 0.311 e. The van der Waals surface area contributed by atoms with E-state index in [4.69, 9.17) is 0 Å². The molecular weight excluding hydrogens is 238 g/mol. The summed E-state index contributed by atoms with van der Waals surface area (Å²) in [7, 11) is 0. The molecular formula is C11H17N3O2S. The van der Waals surface area contributed by atoms with E-state index >= 15 is 0 Å². The van der Waals surface area contributed by atoms with Crippen molar-refractivity contribution in [1.82, 2.24) is 4.98 Å². The summed E-state index contributed by atoms with van der Waals surface area (Å²) in [5.74, 6) is 1.39. The number of rotatable bonds is 6. The predicted octanol–water partition coefficient (Wildman–Crippen LogP) is 2.85. The Bertz CT molecular complexity index is 398. The average molecular weight is 255 g/mol. The van der Waals surface area contributed by atoms with Crippen LogP contribution in [-0.4, -0.2) is 28.0 Å². The SMILES string of the molecule is CSCCC(C)Nc1nc(C)ccc1[N+](=O)[O-]. The number of nitrogens with zero attached hydrogens (tertiary/aromatic N) is 2. The average Bonchev–Trinajstić information content (AvgIpc) is 2.26. The van der Waals surface area contributed by atoms with E-state index in [-0.39, 0.29) is 11.7 Å². The number of hydrogen-bond acceptors (Lipinski definition) is 5. The van der Waals surface area contributed by atoms with Crippen LogP contribution in [-0.2, 0) is 0 Å². The molecule has 1 heterocycles. The van der Waals surface area contributed by atoms with Crippen LogP contribution in [0, 0.1) is 17.0 Å². The Labute approximate surface area is 105 Å². The molecule has 0 aliphatic rings. The molecule has 0 aliphatic heterocycles. The van der Waals surface area contributed by atoms with Gasteiger partial charge in [-0.3, -0.25) is 10.1 Å². The first kappa shape index (κ1) is 13.8. The van der Waals surface area contributed by atoms with Crippen LogP contribution in [0.5, 0.6) is 0 Å². The summed E-state index contributed by atoms with van der Waals surface area (Å²) in [6.45, 7) is 3.82. The highest BCUT2D eigenvalue weighted by molar-refractivity contribution is 7.98. The molecule has 0 saturated carbocycles. The van der Waals surface area contributed by atoms with Crippen LogP contribution in [0.25, 0.3) is 0 Å². The Morgan fingerprint density at radius 2 is 2.29 bits per heavy atom. The molecule has 1 rings (SSSR count). The molecule has 0 saturated heterocycles. The first-order valence-electron chi connectivity index (χ1n) is 5.42. The molecule has 5 nitrogen and oxygen atoms in total. The normalized spacial score (nSPS) is 12.2. The highest BCUT2D eigenvalue weighted by Crippen LogP contribution is 2.23. The van der Waals surface area contributed by atoms with Crippen molar-refractivity contribution in [2.45, 2.75) is 26.3 Å². The molecule has 1 atom stereocenters. The van der Waals surface area contributed by atoms with Gasteiger partial charge in [-0.1, -0.05) is 0 Å². The van der Waals surface area contributed by atoms with Crippen molar-refractivity contribution in [3.05, 3.63) is 27.9 Å². The zero-order valence-corrected chi connectivity index (χ0v) is 11.1. The van der Waals surface area contributed by atoms with E-state index in [1.165, 1.54) is 6.07 Å². The van der Waals surface area contributed by atoms with Gasteiger partial charge in [0, 0.05) is 17.8 Å². The van der Waals surface area contributed by atoms with E-state index in [0.717, 1.165) is 17.9 Å². The summed E-state index contributed by atoms with van der Waals surface area (Å²) in [6.07, 6.45) is 2.99. The molecule has 1 unspecified atom stereocenters. The Balaban J connectivity index is 2.81. The fraction of sp³-hybridized carbons (Fsp3) is 0.545. The lowest BCUT2D eigenvalue weighted by molar-refractivity contribution is -0.384. The second kappa shape index (κ2) is 6.44. The number of nitro groups is 1. The molecule has 1 aromatic rings. The van der Waals surface area contributed by atoms with Gasteiger partial charge in [0.15, 0.2) is 0 Å². The summed E-state index contributed by atoms with van der Waals surface area (Å²) in [5.41, 5.74) is 0.807. The number of hydrogen-bond donors (Lipinski definition) is 1. The van der Waals surface area contributed by atoms with E-state index in [1.807, 2.05) is 20.1 Å². The minimum Gasteiger partial charge on any atom is -0.362 e. The summed E-state index contributed by atoms with van der Waals surface area (Å²) >= 11 is 1.76. The molecule has 94 valence electrons. The van der Waals surface area contributed by atoms with Crippen molar-refractivity contribution in [2.24, 2.45) is 0 Å². The number of thioether (sulfide) groups is 1. The van der Waals surface area contributed by atoms with E-state index in [1.54, 1.807) is 17.8 Å². The predicted molar refractivity (Wildman–Crippen MR) is 71.7 cm³/mol. The maximum atomic E-state index is 10.9. The lowest BCUT2D eigenvalue weighted by Crippen LogP contribution is -2.18. The van der Waals surface area contributed by atoms with Crippen LogP contribution in [0.15, 0.2) is 12.1 Å². The maximum absolute atomic E-state index is 10.9. The van der Waals surface area contributed by atoms with E-state index < -0.39 is 4.92 Å². The van der Waals surface area contributed by atoms with Crippen molar-refractivity contribution in [3.8, 4) is 0 Å². The molecule has 0 bridgehead atoms. The van der Waals surface area contributed by atoms with Gasteiger partial charge < -0.3 is 5.32 Å². The van der Waals surface area contributed by atoms with Gasteiger partial charge in [-0.2, -0.15) is 11.8 Å². The van der Waals surface area contributed by atoms with Crippen molar-refractivity contribution in [3.63, 3.8) is 0 Å². The highest BCUT2D eigenvalue weighted by atomic mass is 32.2. The molecule has 0 spiro atoms. The third kappa shape index (κ3) is 4.22. The summed E-state index contributed by atoms with van der Waals surface area (Å²) in [6, 6.07) is 3.32. The molecule has 0 aromatic carbocycles. The third-order valence-corrected chi connectivity index (χ3v) is 2.99. The van der Waals surface area contributed by atoms with Crippen molar-refractivity contribution >= 4 is 23.3 Å². The molecule has 1 N–H and O–H groups in total. The van der Waals surface area contributed by atoms with Crippen molar-refractivity contribution in [1.29, 1.82) is 0 Å².